The second kappa shape index (κ2) is 5.52. The average Bonchev–Trinajstić information content (AvgIpc) is 2.66. The number of amides is 1. The van der Waals surface area contributed by atoms with Crippen molar-refractivity contribution in [3.63, 3.8) is 0 Å². The Morgan fingerprint density at radius 2 is 2.28 bits per heavy atom. The lowest BCUT2D eigenvalue weighted by Crippen LogP contribution is -2.51. The van der Waals surface area contributed by atoms with Gasteiger partial charge in [-0.1, -0.05) is 13.8 Å². The summed E-state index contributed by atoms with van der Waals surface area (Å²) in [4.78, 5) is 13.8. The Balaban J connectivity index is 1.68. The van der Waals surface area contributed by atoms with Crippen LogP contribution in [0.1, 0.15) is 25.5 Å². The number of hydrogen-bond donors (Lipinski definition) is 1. The van der Waals surface area contributed by atoms with Gasteiger partial charge >= 0.3 is 0 Å². The van der Waals surface area contributed by atoms with Crippen LogP contribution in [-0.2, 0) is 4.79 Å². The smallest absolute Gasteiger partial charge is 0.234 e. The molecule has 1 aliphatic rings. The lowest BCUT2D eigenvalue weighted by molar-refractivity contribution is -0.123. The number of rotatable bonds is 5. The van der Waals surface area contributed by atoms with Gasteiger partial charge in [-0.05, 0) is 18.4 Å². The highest BCUT2D eigenvalue weighted by molar-refractivity contribution is 5.78. The Bertz CT molecular complexity index is 407. The van der Waals surface area contributed by atoms with Gasteiger partial charge in [-0.25, -0.2) is 0 Å². The lowest BCUT2D eigenvalue weighted by atomic mass is 10.1. The standard InChI is InChI=1S/C13H22N4O/c1-10(2)4-14-13(18)9-16-7-12(8-16)17-6-11(3)5-15-17/h5-6,10,12H,4,7-9H2,1-3H3,(H,14,18). The van der Waals surface area contributed by atoms with E-state index >= 15 is 0 Å². The van der Waals surface area contributed by atoms with Gasteiger partial charge in [0.25, 0.3) is 0 Å². The van der Waals surface area contributed by atoms with Crippen molar-refractivity contribution in [2.75, 3.05) is 26.2 Å². The molecule has 0 aromatic carbocycles. The molecule has 5 heteroatoms. The third kappa shape index (κ3) is 3.32. The van der Waals surface area contributed by atoms with E-state index in [9.17, 15) is 4.79 Å². The van der Waals surface area contributed by atoms with Gasteiger partial charge in [-0.15, -0.1) is 0 Å². The molecule has 1 aromatic heterocycles. The minimum Gasteiger partial charge on any atom is -0.355 e. The zero-order valence-electron chi connectivity index (χ0n) is 11.4. The Kier molecular flexibility index (Phi) is 4.01. The quantitative estimate of drug-likeness (QED) is 0.842. The minimum absolute atomic E-state index is 0.124. The van der Waals surface area contributed by atoms with Crippen LogP contribution < -0.4 is 5.32 Å². The first-order valence-electron chi connectivity index (χ1n) is 6.54. The monoisotopic (exact) mass is 250 g/mol. The van der Waals surface area contributed by atoms with Crippen molar-refractivity contribution in [3.8, 4) is 0 Å². The number of carbonyl (C=O) groups excluding carboxylic acids is 1. The third-order valence-electron chi connectivity index (χ3n) is 3.12. The third-order valence-corrected chi connectivity index (χ3v) is 3.12. The van der Waals surface area contributed by atoms with Crippen LogP contribution in [-0.4, -0.2) is 46.8 Å². The van der Waals surface area contributed by atoms with E-state index < -0.39 is 0 Å². The van der Waals surface area contributed by atoms with Crippen LogP contribution >= 0.6 is 0 Å². The molecule has 0 radical (unpaired) electrons. The maximum atomic E-state index is 11.6. The first-order valence-corrected chi connectivity index (χ1v) is 6.54. The van der Waals surface area contributed by atoms with Gasteiger partial charge < -0.3 is 5.32 Å². The summed E-state index contributed by atoms with van der Waals surface area (Å²) in [7, 11) is 0. The first kappa shape index (κ1) is 13.1. The molecular formula is C13H22N4O. The first-order chi connectivity index (χ1) is 8.54. The Labute approximate surface area is 108 Å². The minimum atomic E-state index is 0.124. The van der Waals surface area contributed by atoms with Gasteiger partial charge in [0.05, 0.1) is 18.8 Å². The van der Waals surface area contributed by atoms with Crippen molar-refractivity contribution in [2.45, 2.75) is 26.8 Å². The summed E-state index contributed by atoms with van der Waals surface area (Å²) in [6.07, 6.45) is 3.93. The van der Waals surface area contributed by atoms with Crippen LogP contribution in [0, 0.1) is 12.8 Å². The van der Waals surface area contributed by atoms with Gasteiger partial charge in [-0.3, -0.25) is 14.4 Å². The molecule has 2 heterocycles. The van der Waals surface area contributed by atoms with E-state index in [0.29, 0.717) is 18.5 Å². The molecule has 0 aliphatic carbocycles. The van der Waals surface area contributed by atoms with Crippen LogP contribution in [0.25, 0.3) is 0 Å². The summed E-state index contributed by atoms with van der Waals surface area (Å²) < 4.78 is 2.00. The maximum absolute atomic E-state index is 11.6. The molecule has 0 spiro atoms. The normalized spacial score (nSPS) is 16.9. The Morgan fingerprint density at radius 3 is 2.83 bits per heavy atom. The zero-order valence-corrected chi connectivity index (χ0v) is 11.4. The topological polar surface area (TPSA) is 50.2 Å². The van der Waals surface area contributed by atoms with E-state index in [-0.39, 0.29) is 5.91 Å². The summed E-state index contributed by atoms with van der Waals surface area (Å²) in [5, 5.41) is 7.24. The van der Waals surface area contributed by atoms with E-state index in [4.69, 9.17) is 0 Å². The van der Waals surface area contributed by atoms with Crippen molar-refractivity contribution in [3.05, 3.63) is 18.0 Å². The van der Waals surface area contributed by atoms with E-state index in [2.05, 4.69) is 35.4 Å². The molecule has 100 valence electrons. The highest BCUT2D eigenvalue weighted by atomic mass is 16.2. The van der Waals surface area contributed by atoms with Crippen LogP contribution in [0.2, 0.25) is 0 Å². The summed E-state index contributed by atoms with van der Waals surface area (Å²) in [6.45, 7) is 9.32. The fourth-order valence-corrected chi connectivity index (χ4v) is 2.05. The zero-order chi connectivity index (χ0) is 13.1. The predicted molar refractivity (Wildman–Crippen MR) is 70.3 cm³/mol. The van der Waals surface area contributed by atoms with Crippen molar-refractivity contribution >= 4 is 5.91 Å². The van der Waals surface area contributed by atoms with Crippen molar-refractivity contribution in [2.24, 2.45) is 5.92 Å². The number of likely N-dealkylation sites (tertiary alicyclic amines) is 1. The number of hydrogen-bond acceptors (Lipinski definition) is 3. The largest absolute Gasteiger partial charge is 0.355 e. The molecule has 0 unspecified atom stereocenters. The average molecular weight is 250 g/mol. The molecule has 1 saturated heterocycles. The van der Waals surface area contributed by atoms with Gasteiger partial charge in [0, 0.05) is 25.8 Å². The van der Waals surface area contributed by atoms with Crippen molar-refractivity contribution < 1.29 is 4.79 Å². The van der Waals surface area contributed by atoms with Crippen molar-refractivity contribution in [1.29, 1.82) is 0 Å². The Morgan fingerprint density at radius 1 is 1.56 bits per heavy atom. The summed E-state index contributed by atoms with van der Waals surface area (Å²) in [6, 6.07) is 0.427. The molecule has 18 heavy (non-hydrogen) atoms. The molecule has 1 N–H and O–H groups in total. The number of aromatic nitrogens is 2. The number of nitrogens with one attached hydrogen (secondary N) is 1. The van der Waals surface area contributed by atoms with Gasteiger partial charge in [0.15, 0.2) is 0 Å². The summed E-state index contributed by atoms with van der Waals surface area (Å²) in [5.41, 5.74) is 1.18. The second-order valence-corrected chi connectivity index (χ2v) is 5.54. The SMILES string of the molecule is Cc1cnn(C2CN(CC(=O)NCC(C)C)C2)c1. The van der Waals surface area contributed by atoms with E-state index in [1.54, 1.807) is 0 Å². The molecule has 0 atom stereocenters. The van der Waals surface area contributed by atoms with Crippen molar-refractivity contribution in [1.82, 2.24) is 20.0 Å². The van der Waals surface area contributed by atoms with Crippen LogP contribution in [0.15, 0.2) is 12.4 Å². The molecule has 1 aromatic rings. The molecule has 1 amide bonds. The molecule has 5 nitrogen and oxygen atoms in total. The molecule has 1 aliphatic heterocycles. The fourth-order valence-electron chi connectivity index (χ4n) is 2.05. The summed E-state index contributed by atoms with van der Waals surface area (Å²) in [5.74, 6) is 0.629. The molecule has 0 bridgehead atoms. The number of nitrogens with zero attached hydrogens (tertiary/aromatic N) is 3. The van der Waals surface area contributed by atoms with Crippen LogP contribution in [0.4, 0.5) is 0 Å². The van der Waals surface area contributed by atoms with Gasteiger partial charge in [0.2, 0.25) is 5.91 Å². The van der Waals surface area contributed by atoms with Gasteiger partial charge in [-0.2, -0.15) is 5.10 Å². The molecule has 2 rings (SSSR count). The fraction of sp³-hybridized carbons (Fsp3) is 0.692. The molecule has 0 saturated carbocycles. The van der Waals surface area contributed by atoms with E-state index in [1.165, 1.54) is 5.56 Å². The molecular weight excluding hydrogens is 228 g/mol. The molecule has 1 fully saturated rings. The number of carbonyl (C=O) groups is 1. The number of aryl methyl sites for hydroxylation is 1. The van der Waals surface area contributed by atoms with Crippen LogP contribution in [0.5, 0.6) is 0 Å². The van der Waals surface area contributed by atoms with Crippen LogP contribution in [0.3, 0.4) is 0 Å². The van der Waals surface area contributed by atoms with E-state index in [0.717, 1.165) is 19.6 Å². The second-order valence-electron chi connectivity index (χ2n) is 5.54. The predicted octanol–water partition coefficient (Wildman–Crippen LogP) is 0.820. The highest BCUT2D eigenvalue weighted by Crippen LogP contribution is 2.19. The lowest BCUT2D eigenvalue weighted by Gasteiger charge is -2.38. The van der Waals surface area contributed by atoms with E-state index in [1.807, 2.05) is 17.8 Å². The van der Waals surface area contributed by atoms with Gasteiger partial charge in [0.1, 0.15) is 0 Å². The highest BCUT2D eigenvalue weighted by Gasteiger charge is 2.29. The Hall–Kier alpha value is -1.36. The summed E-state index contributed by atoms with van der Waals surface area (Å²) >= 11 is 0. The maximum Gasteiger partial charge on any atom is 0.234 e.